The number of amides is 1. The molecule has 1 heterocycles. The van der Waals surface area contributed by atoms with E-state index >= 15 is 0 Å². The maximum atomic E-state index is 12.1. The van der Waals surface area contributed by atoms with Gasteiger partial charge in [0.15, 0.2) is 9.84 Å². The standard InChI is InChI=1S/C14H20N2O3S/c1-4-16(3)14(17)10(2)15-12-9-20(18,19)13-8-6-5-7-11(12)13/h5-8,10,12,15H,4,9H2,1-3H3. The highest BCUT2D eigenvalue weighted by Gasteiger charge is 2.35. The topological polar surface area (TPSA) is 66.5 Å². The van der Waals surface area contributed by atoms with Gasteiger partial charge in [-0.1, -0.05) is 18.2 Å². The van der Waals surface area contributed by atoms with Crippen LogP contribution in [-0.4, -0.2) is 44.6 Å². The van der Waals surface area contributed by atoms with Gasteiger partial charge in [0.1, 0.15) is 0 Å². The van der Waals surface area contributed by atoms with E-state index in [1.54, 1.807) is 37.1 Å². The molecule has 1 amide bonds. The summed E-state index contributed by atoms with van der Waals surface area (Å²) in [6.45, 7) is 4.30. The molecular formula is C14H20N2O3S. The first-order chi connectivity index (χ1) is 9.36. The van der Waals surface area contributed by atoms with E-state index < -0.39 is 15.9 Å². The van der Waals surface area contributed by atoms with Crippen LogP contribution in [0.15, 0.2) is 29.2 Å². The van der Waals surface area contributed by atoms with Gasteiger partial charge in [-0.15, -0.1) is 0 Å². The van der Waals surface area contributed by atoms with Gasteiger partial charge in [-0.25, -0.2) is 8.42 Å². The lowest BCUT2D eigenvalue weighted by Gasteiger charge is -2.23. The van der Waals surface area contributed by atoms with Gasteiger partial charge in [-0.2, -0.15) is 0 Å². The molecule has 1 aliphatic rings. The molecular weight excluding hydrogens is 276 g/mol. The smallest absolute Gasteiger partial charge is 0.239 e. The molecule has 0 saturated carbocycles. The fourth-order valence-corrected chi connectivity index (χ4v) is 4.20. The summed E-state index contributed by atoms with van der Waals surface area (Å²) in [6, 6.07) is 6.23. The van der Waals surface area contributed by atoms with Gasteiger partial charge in [0.25, 0.3) is 0 Å². The molecule has 1 aliphatic heterocycles. The Morgan fingerprint density at radius 1 is 1.45 bits per heavy atom. The Hall–Kier alpha value is -1.40. The highest BCUT2D eigenvalue weighted by molar-refractivity contribution is 7.91. The minimum Gasteiger partial charge on any atom is -0.345 e. The lowest BCUT2D eigenvalue weighted by atomic mass is 10.1. The van der Waals surface area contributed by atoms with E-state index in [1.165, 1.54) is 0 Å². The van der Waals surface area contributed by atoms with Gasteiger partial charge in [-0.3, -0.25) is 10.1 Å². The minimum atomic E-state index is -3.24. The van der Waals surface area contributed by atoms with Gasteiger partial charge in [0, 0.05) is 19.6 Å². The Morgan fingerprint density at radius 2 is 2.10 bits per heavy atom. The molecule has 0 bridgehead atoms. The number of rotatable bonds is 4. The van der Waals surface area contributed by atoms with E-state index in [4.69, 9.17) is 0 Å². The van der Waals surface area contributed by atoms with Gasteiger partial charge in [0.2, 0.25) is 5.91 Å². The Balaban J connectivity index is 2.19. The first kappa shape index (κ1) is 15.0. The number of carbonyl (C=O) groups is 1. The highest BCUT2D eigenvalue weighted by atomic mass is 32.2. The molecule has 1 N–H and O–H groups in total. The van der Waals surface area contributed by atoms with Crippen LogP contribution >= 0.6 is 0 Å². The summed E-state index contributed by atoms with van der Waals surface area (Å²) < 4.78 is 24.1. The van der Waals surface area contributed by atoms with Gasteiger partial charge < -0.3 is 4.90 Å². The monoisotopic (exact) mass is 296 g/mol. The predicted octanol–water partition coefficient (Wildman–Crippen LogP) is 0.971. The summed E-state index contributed by atoms with van der Waals surface area (Å²) in [5.74, 6) is -0.0194. The summed E-state index contributed by atoms with van der Waals surface area (Å²) in [5.41, 5.74) is 0.756. The van der Waals surface area contributed by atoms with Crippen LogP contribution < -0.4 is 5.32 Å². The molecule has 20 heavy (non-hydrogen) atoms. The first-order valence-electron chi connectivity index (χ1n) is 6.69. The number of carbonyl (C=O) groups excluding carboxylic acids is 1. The first-order valence-corrected chi connectivity index (χ1v) is 8.34. The van der Waals surface area contributed by atoms with Crippen molar-refractivity contribution in [1.29, 1.82) is 0 Å². The molecule has 0 aromatic heterocycles. The second-order valence-electron chi connectivity index (χ2n) is 5.11. The number of nitrogens with one attached hydrogen (secondary N) is 1. The van der Waals surface area contributed by atoms with Crippen LogP contribution in [0.1, 0.15) is 25.5 Å². The molecule has 0 aliphatic carbocycles. The molecule has 110 valence electrons. The largest absolute Gasteiger partial charge is 0.345 e. The van der Waals surface area contributed by atoms with Crippen LogP contribution in [0.25, 0.3) is 0 Å². The zero-order valence-electron chi connectivity index (χ0n) is 12.0. The zero-order chi connectivity index (χ0) is 14.9. The van der Waals surface area contributed by atoms with Gasteiger partial charge in [-0.05, 0) is 25.5 Å². The summed E-state index contributed by atoms with van der Waals surface area (Å²) in [5, 5.41) is 3.14. The minimum absolute atomic E-state index is 0.0137. The van der Waals surface area contributed by atoms with Crippen molar-refractivity contribution < 1.29 is 13.2 Å². The highest BCUT2D eigenvalue weighted by Crippen LogP contribution is 2.33. The van der Waals surface area contributed by atoms with Crippen molar-refractivity contribution in [2.45, 2.75) is 30.8 Å². The average Bonchev–Trinajstić information content (AvgIpc) is 2.69. The van der Waals surface area contributed by atoms with Crippen LogP contribution in [0.4, 0.5) is 0 Å². The quantitative estimate of drug-likeness (QED) is 0.899. The molecule has 2 atom stereocenters. The van der Waals surface area contributed by atoms with Crippen LogP contribution in [0.2, 0.25) is 0 Å². The summed E-state index contributed by atoms with van der Waals surface area (Å²) in [7, 11) is -1.50. The van der Waals surface area contributed by atoms with Gasteiger partial charge in [0.05, 0.1) is 16.7 Å². The molecule has 0 fully saturated rings. The fraction of sp³-hybridized carbons (Fsp3) is 0.500. The number of hydrogen-bond acceptors (Lipinski definition) is 4. The lowest BCUT2D eigenvalue weighted by Crippen LogP contribution is -2.44. The Labute approximate surface area is 119 Å². The lowest BCUT2D eigenvalue weighted by molar-refractivity contribution is -0.131. The number of hydrogen-bond donors (Lipinski definition) is 1. The van der Waals surface area contributed by atoms with E-state index in [2.05, 4.69) is 5.32 Å². The maximum Gasteiger partial charge on any atom is 0.239 e. The van der Waals surface area contributed by atoms with E-state index in [-0.39, 0.29) is 17.7 Å². The summed E-state index contributed by atoms with van der Waals surface area (Å²) in [6.07, 6.45) is 0. The van der Waals surface area contributed by atoms with E-state index in [0.29, 0.717) is 11.4 Å². The van der Waals surface area contributed by atoms with E-state index in [9.17, 15) is 13.2 Å². The van der Waals surface area contributed by atoms with E-state index in [0.717, 1.165) is 5.56 Å². The number of likely N-dealkylation sites (N-methyl/N-ethyl adjacent to an activating group) is 1. The van der Waals surface area contributed by atoms with E-state index in [1.807, 2.05) is 13.0 Å². The maximum absolute atomic E-state index is 12.1. The summed E-state index contributed by atoms with van der Waals surface area (Å²) in [4.78, 5) is 14.0. The molecule has 5 nitrogen and oxygen atoms in total. The van der Waals surface area contributed by atoms with Crippen molar-refractivity contribution in [3.8, 4) is 0 Å². The fourth-order valence-electron chi connectivity index (χ4n) is 2.45. The van der Waals surface area contributed by atoms with Crippen LogP contribution in [0.5, 0.6) is 0 Å². The third-order valence-electron chi connectivity index (χ3n) is 3.69. The number of fused-ring (bicyclic) bond motifs is 1. The molecule has 2 unspecified atom stereocenters. The van der Waals surface area contributed by atoms with Crippen LogP contribution in [0, 0.1) is 0 Å². The molecule has 0 spiro atoms. The van der Waals surface area contributed by atoms with Crippen molar-refractivity contribution in [1.82, 2.24) is 10.2 Å². The third-order valence-corrected chi connectivity index (χ3v) is 5.50. The zero-order valence-corrected chi connectivity index (χ0v) is 12.8. The van der Waals surface area contributed by atoms with Crippen molar-refractivity contribution in [2.75, 3.05) is 19.3 Å². The normalized spacial score (nSPS) is 21.2. The van der Waals surface area contributed by atoms with Crippen molar-refractivity contribution in [2.24, 2.45) is 0 Å². The Morgan fingerprint density at radius 3 is 2.75 bits per heavy atom. The molecule has 1 aromatic rings. The van der Waals surface area contributed by atoms with Gasteiger partial charge >= 0.3 is 0 Å². The Kier molecular flexibility index (Phi) is 4.15. The van der Waals surface area contributed by atoms with Crippen molar-refractivity contribution in [3.63, 3.8) is 0 Å². The number of benzene rings is 1. The average molecular weight is 296 g/mol. The number of sulfone groups is 1. The van der Waals surface area contributed by atoms with Crippen molar-refractivity contribution in [3.05, 3.63) is 29.8 Å². The molecule has 0 saturated heterocycles. The van der Waals surface area contributed by atoms with Crippen LogP contribution in [0.3, 0.4) is 0 Å². The number of nitrogens with zero attached hydrogens (tertiary/aromatic N) is 1. The molecule has 1 aromatic carbocycles. The second-order valence-corrected chi connectivity index (χ2v) is 7.12. The summed E-state index contributed by atoms with van der Waals surface area (Å²) >= 11 is 0. The SMILES string of the molecule is CCN(C)C(=O)C(C)NC1CS(=O)(=O)c2ccccc21. The van der Waals surface area contributed by atoms with Crippen LogP contribution in [-0.2, 0) is 14.6 Å². The predicted molar refractivity (Wildman–Crippen MR) is 77.1 cm³/mol. The van der Waals surface area contributed by atoms with Crippen molar-refractivity contribution >= 4 is 15.7 Å². The molecule has 6 heteroatoms. The Bertz CT molecular complexity index is 613. The molecule has 0 radical (unpaired) electrons. The third kappa shape index (κ3) is 2.71. The second kappa shape index (κ2) is 5.54. The molecule has 2 rings (SSSR count).